The van der Waals surface area contributed by atoms with Gasteiger partial charge in [-0.05, 0) is 26.2 Å². The first-order chi connectivity index (χ1) is 12.1. The molecule has 2 aliphatic heterocycles. The minimum absolute atomic E-state index is 0.0492. The minimum atomic E-state index is -0.196. The van der Waals surface area contributed by atoms with Crippen LogP contribution in [0.15, 0.2) is 36.7 Å². The topological polar surface area (TPSA) is 61.5 Å². The largest absolute Gasteiger partial charge is 0.363 e. The molecule has 0 atom stereocenters. The Hall–Kier alpha value is -1.92. The number of amides is 1. The summed E-state index contributed by atoms with van der Waals surface area (Å²) in [5.74, 6) is 0.874. The number of aromatic amines is 1. The Morgan fingerprint density at radius 3 is 2.92 bits per heavy atom. The number of piperidine rings is 1. The second-order valence-electron chi connectivity index (χ2n) is 6.92. The molecule has 2 saturated heterocycles. The second-order valence-corrected chi connectivity index (χ2v) is 6.92. The zero-order chi connectivity index (χ0) is 17.7. The number of hydrogen-bond donors (Lipinski definition) is 1. The highest BCUT2D eigenvalue weighted by molar-refractivity contribution is 5.78. The Morgan fingerprint density at radius 1 is 1.48 bits per heavy atom. The van der Waals surface area contributed by atoms with E-state index in [0.717, 1.165) is 44.7 Å². The summed E-state index contributed by atoms with van der Waals surface area (Å²) in [6.07, 6.45) is 10.5. The van der Waals surface area contributed by atoms with Gasteiger partial charge in [0.2, 0.25) is 5.91 Å². The summed E-state index contributed by atoms with van der Waals surface area (Å²) in [6, 6.07) is 0. The van der Waals surface area contributed by atoms with Crippen molar-refractivity contribution in [3.63, 3.8) is 0 Å². The van der Waals surface area contributed by atoms with Crippen molar-refractivity contribution in [1.29, 1.82) is 0 Å². The maximum absolute atomic E-state index is 12.2. The van der Waals surface area contributed by atoms with E-state index in [-0.39, 0.29) is 18.1 Å². The zero-order valence-corrected chi connectivity index (χ0v) is 15.0. The van der Waals surface area contributed by atoms with Crippen molar-refractivity contribution in [3.05, 3.63) is 42.5 Å². The molecule has 25 heavy (non-hydrogen) atoms. The Kier molecular flexibility index (Phi) is 5.71. The maximum atomic E-state index is 12.2. The van der Waals surface area contributed by atoms with Gasteiger partial charge in [-0.25, -0.2) is 4.98 Å². The Bertz CT molecular complexity index is 615. The fourth-order valence-electron chi connectivity index (χ4n) is 3.64. The first-order valence-electron chi connectivity index (χ1n) is 9.04. The van der Waals surface area contributed by atoms with E-state index in [1.807, 2.05) is 11.0 Å². The van der Waals surface area contributed by atoms with Gasteiger partial charge in [0.1, 0.15) is 12.4 Å². The van der Waals surface area contributed by atoms with Gasteiger partial charge >= 0.3 is 0 Å². The van der Waals surface area contributed by atoms with Crippen LogP contribution in [0.5, 0.6) is 0 Å². The number of aromatic nitrogens is 2. The van der Waals surface area contributed by atoms with Crippen molar-refractivity contribution in [2.24, 2.45) is 0 Å². The lowest BCUT2D eigenvalue weighted by atomic mass is 9.89. The molecule has 0 bridgehead atoms. The molecule has 3 rings (SSSR count). The van der Waals surface area contributed by atoms with Gasteiger partial charge in [-0.1, -0.05) is 24.3 Å². The molecule has 6 heteroatoms. The molecular formula is C19H28N4O2. The van der Waals surface area contributed by atoms with Gasteiger partial charge in [-0.3, -0.25) is 4.79 Å². The highest BCUT2D eigenvalue weighted by Crippen LogP contribution is 2.31. The van der Waals surface area contributed by atoms with Crippen LogP contribution in [0.2, 0.25) is 0 Å². The fraction of sp³-hybridized carbons (Fsp3) is 0.579. The van der Waals surface area contributed by atoms with E-state index >= 15 is 0 Å². The summed E-state index contributed by atoms with van der Waals surface area (Å²) >= 11 is 0. The highest BCUT2D eigenvalue weighted by atomic mass is 16.5. The van der Waals surface area contributed by atoms with Crippen LogP contribution in [0.25, 0.3) is 0 Å². The SMILES string of the molecule is C=C/C(=C\C)CCN1CCC2(CC1)CN(Cc1ncc[nH]1)C(=O)CO2. The van der Waals surface area contributed by atoms with Crippen LogP contribution < -0.4 is 0 Å². The summed E-state index contributed by atoms with van der Waals surface area (Å²) in [5.41, 5.74) is 1.10. The molecule has 1 aromatic rings. The normalized spacial score (nSPS) is 21.7. The maximum Gasteiger partial charge on any atom is 0.249 e. The van der Waals surface area contributed by atoms with Crippen molar-refractivity contribution < 1.29 is 9.53 Å². The van der Waals surface area contributed by atoms with Crippen molar-refractivity contribution in [1.82, 2.24) is 19.8 Å². The zero-order valence-electron chi connectivity index (χ0n) is 15.0. The van der Waals surface area contributed by atoms with Crippen LogP contribution in [-0.4, -0.2) is 64.1 Å². The lowest BCUT2D eigenvalue weighted by Gasteiger charge is -2.47. The molecule has 1 amide bonds. The molecule has 1 spiro atoms. The average Bonchev–Trinajstić information content (AvgIpc) is 3.14. The molecule has 1 N–H and O–H groups in total. The molecule has 136 valence electrons. The number of carbonyl (C=O) groups is 1. The van der Waals surface area contributed by atoms with Crippen LogP contribution in [-0.2, 0) is 16.1 Å². The molecule has 0 saturated carbocycles. The molecule has 6 nitrogen and oxygen atoms in total. The molecule has 0 aliphatic carbocycles. The predicted molar refractivity (Wildman–Crippen MR) is 96.9 cm³/mol. The molecule has 0 radical (unpaired) electrons. The predicted octanol–water partition coefficient (Wildman–Crippen LogP) is 2.13. The Morgan fingerprint density at radius 2 is 2.28 bits per heavy atom. The molecule has 1 aromatic heterocycles. The molecule has 2 aliphatic rings. The third kappa shape index (κ3) is 4.38. The lowest BCUT2D eigenvalue weighted by Crippen LogP contribution is -2.58. The number of likely N-dealkylation sites (tertiary alicyclic amines) is 1. The first-order valence-corrected chi connectivity index (χ1v) is 9.04. The summed E-state index contributed by atoms with van der Waals surface area (Å²) in [6.45, 7) is 10.4. The first kappa shape index (κ1) is 17.9. The van der Waals surface area contributed by atoms with E-state index < -0.39 is 0 Å². The fourth-order valence-corrected chi connectivity index (χ4v) is 3.64. The van der Waals surface area contributed by atoms with Gasteiger partial charge in [0.25, 0.3) is 0 Å². The lowest BCUT2D eigenvalue weighted by molar-refractivity contribution is -0.172. The van der Waals surface area contributed by atoms with Gasteiger partial charge < -0.3 is 19.5 Å². The van der Waals surface area contributed by atoms with Crippen LogP contribution >= 0.6 is 0 Å². The van der Waals surface area contributed by atoms with Gasteiger partial charge in [-0.15, -0.1) is 0 Å². The minimum Gasteiger partial charge on any atom is -0.363 e. The number of ether oxygens (including phenoxy) is 1. The monoisotopic (exact) mass is 344 g/mol. The molecular weight excluding hydrogens is 316 g/mol. The van der Waals surface area contributed by atoms with Crippen LogP contribution in [0.1, 0.15) is 32.0 Å². The molecule has 0 aromatic carbocycles. The van der Waals surface area contributed by atoms with Gasteiger partial charge in [0.15, 0.2) is 0 Å². The number of allylic oxidation sites excluding steroid dienone is 2. The summed E-state index contributed by atoms with van der Waals surface area (Å²) in [7, 11) is 0. The Balaban J connectivity index is 1.53. The van der Waals surface area contributed by atoms with E-state index in [4.69, 9.17) is 4.74 Å². The summed E-state index contributed by atoms with van der Waals surface area (Å²) in [4.78, 5) is 23.9. The third-order valence-electron chi connectivity index (χ3n) is 5.35. The van der Waals surface area contributed by atoms with Crippen LogP contribution in [0, 0.1) is 0 Å². The smallest absolute Gasteiger partial charge is 0.249 e. The number of imidazole rings is 1. The highest BCUT2D eigenvalue weighted by Gasteiger charge is 2.42. The molecule has 2 fully saturated rings. The number of nitrogens with zero attached hydrogens (tertiary/aromatic N) is 3. The number of rotatable bonds is 6. The van der Waals surface area contributed by atoms with Gasteiger partial charge in [-0.2, -0.15) is 0 Å². The average molecular weight is 344 g/mol. The van der Waals surface area contributed by atoms with Gasteiger partial charge in [0, 0.05) is 32.0 Å². The van der Waals surface area contributed by atoms with Crippen LogP contribution in [0.4, 0.5) is 0 Å². The summed E-state index contributed by atoms with van der Waals surface area (Å²) < 4.78 is 6.01. The van der Waals surface area contributed by atoms with Crippen LogP contribution in [0.3, 0.4) is 0 Å². The standard InChI is InChI=1S/C19H28N4O2/c1-3-16(4-2)5-10-22-11-6-19(7-12-22)15-23(18(24)14-25-19)13-17-20-8-9-21-17/h3-4,8-9H,1,5-7,10-15H2,2H3,(H,20,21)/b16-4+. The van der Waals surface area contributed by atoms with Crippen molar-refractivity contribution in [2.45, 2.75) is 38.3 Å². The van der Waals surface area contributed by atoms with Crippen molar-refractivity contribution >= 4 is 5.91 Å². The van der Waals surface area contributed by atoms with E-state index in [2.05, 4.69) is 34.4 Å². The molecule has 0 unspecified atom stereocenters. The van der Waals surface area contributed by atoms with Crippen molar-refractivity contribution in [3.8, 4) is 0 Å². The van der Waals surface area contributed by atoms with Gasteiger partial charge in [0.05, 0.1) is 18.7 Å². The number of morpholine rings is 1. The van der Waals surface area contributed by atoms with E-state index in [1.165, 1.54) is 5.57 Å². The number of nitrogens with one attached hydrogen (secondary N) is 1. The number of hydrogen-bond acceptors (Lipinski definition) is 4. The summed E-state index contributed by atoms with van der Waals surface area (Å²) in [5, 5.41) is 0. The van der Waals surface area contributed by atoms with Crippen molar-refractivity contribution in [2.75, 3.05) is 32.8 Å². The van der Waals surface area contributed by atoms with E-state index in [9.17, 15) is 4.79 Å². The number of carbonyl (C=O) groups excluding carboxylic acids is 1. The second kappa shape index (κ2) is 7.97. The third-order valence-corrected chi connectivity index (χ3v) is 5.35. The van der Waals surface area contributed by atoms with E-state index in [1.54, 1.807) is 12.4 Å². The number of H-pyrrole nitrogens is 1. The molecule has 3 heterocycles. The quantitative estimate of drug-likeness (QED) is 0.803. The van der Waals surface area contributed by atoms with E-state index in [0.29, 0.717) is 13.1 Å². The Labute approximate surface area is 149 Å².